The number of hydrogen-bond acceptors (Lipinski definition) is 4. The quantitative estimate of drug-likeness (QED) is 0.813. The van der Waals surface area contributed by atoms with Gasteiger partial charge in [0.05, 0.1) is 11.9 Å². The molecule has 0 aromatic carbocycles. The second-order valence-electron chi connectivity index (χ2n) is 5.01. The summed E-state index contributed by atoms with van der Waals surface area (Å²) in [6.07, 6.45) is 3.79. The average molecular weight is 277 g/mol. The summed E-state index contributed by atoms with van der Waals surface area (Å²) in [7, 11) is 0. The lowest BCUT2D eigenvalue weighted by Gasteiger charge is -2.35. The van der Waals surface area contributed by atoms with Gasteiger partial charge in [-0.25, -0.2) is 9.78 Å². The van der Waals surface area contributed by atoms with Gasteiger partial charge in [-0.3, -0.25) is 0 Å². The summed E-state index contributed by atoms with van der Waals surface area (Å²) < 4.78 is 0. The van der Waals surface area contributed by atoms with Gasteiger partial charge in [-0.05, 0) is 18.6 Å². The highest BCUT2D eigenvalue weighted by atomic mass is 16.2. The molecule has 0 aliphatic carbocycles. The van der Waals surface area contributed by atoms with E-state index in [0.29, 0.717) is 5.69 Å². The number of nitrogens with zero attached hydrogens (tertiary/aromatic N) is 3. The van der Waals surface area contributed by atoms with Gasteiger partial charge >= 0.3 is 6.03 Å². The second kappa shape index (κ2) is 6.98. The van der Waals surface area contributed by atoms with Crippen LogP contribution in [0.5, 0.6) is 0 Å². The topological polar surface area (TPSA) is 74.5 Å². The molecule has 6 heteroatoms. The van der Waals surface area contributed by atoms with Crippen LogP contribution in [-0.4, -0.2) is 48.6 Å². The van der Waals surface area contributed by atoms with E-state index in [0.717, 1.165) is 51.4 Å². The number of nitrogen functional groups attached to an aromatic ring is 1. The van der Waals surface area contributed by atoms with Gasteiger partial charge in [-0.1, -0.05) is 13.3 Å². The van der Waals surface area contributed by atoms with Gasteiger partial charge in [0.1, 0.15) is 5.82 Å². The summed E-state index contributed by atoms with van der Waals surface area (Å²) in [6.45, 7) is 5.93. The van der Waals surface area contributed by atoms with Crippen LogP contribution >= 0.6 is 0 Å². The molecule has 0 unspecified atom stereocenters. The van der Waals surface area contributed by atoms with Gasteiger partial charge in [0.2, 0.25) is 0 Å². The smallest absolute Gasteiger partial charge is 0.317 e. The van der Waals surface area contributed by atoms with E-state index in [1.807, 2.05) is 17.0 Å². The van der Waals surface area contributed by atoms with Crippen molar-refractivity contribution in [2.75, 3.05) is 43.4 Å². The van der Waals surface area contributed by atoms with E-state index < -0.39 is 0 Å². The molecule has 0 bridgehead atoms. The van der Waals surface area contributed by atoms with Crippen molar-refractivity contribution in [3.8, 4) is 0 Å². The second-order valence-corrected chi connectivity index (χ2v) is 5.01. The highest BCUT2D eigenvalue weighted by Gasteiger charge is 2.21. The van der Waals surface area contributed by atoms with Crippen LogP contribution in [0.1, 0.15) is 19.8 Å². The Hall–Kier alpha value is -1.98. The summed E-state index contributed by atoms with van der Waals surface area (Å²) in [5, 5.41) is 2.95. The normalized spacial score (nSPS) is 15.2. The van der Waals surface area contributed by atoms with Crippen molar-refractivity contribution in [2.24, 2.45) is 0 Å². The number of nitrogens with one attached hydrogen (secondary N) is 1. The zero-order valence-electron chi connectivity index (χ0n) is 12.0. The predicted octanol–water partition coefficient (Wildman–Crippen LogP) is 1.30. The van der Waals surface area contributed by atoms with Crippen LogP contribution in [0.2, 0.25) is 0 Å². The molecule has 2 rings (SSSR count). The molecule has 0 radical (unpaired) electrons. The van der Waals surface area contributed by atoms with Gasteiger partial charge in [0.15, 0.2) is 0 Å². The maximum absolute atomic E-state index is 11.9. The number of piperazine rings is 1. The minimum Gasteiger partial charge on any atom is -0.397 e. The summed E-state index contributed by atoms with van der Waals surface area (Å²) in [5.41, 5.74) is 6.30. The van der Waals surface area contributed by atoms with Crippen molar-refractivity contribution in [2.45, 2.75) is 19.8 Å². The van der Waals surface area contributed by atoms with Crippen molar-refractivity contribution in [1.82, 2.24) is 15.2 Å². The molecule has 2 heterocycles. The largest absolute Gasteiger partial charge is 0.397 e. The third-order valence-electron chi connectivity index (χ3n) is 3.47. The van der Waals surface area contributed by atoms with Crippen molar-refractivity contribution < 1.29 is 4.79 Å². The zero-order valence-corrected chi connectivity index (χ0v) is 12.0. The van der Waals surface area contributed by atoms with E-state index >= 15 is 0 Å². The van der Waals surface area contributed by atoms with Crippen LogP contribution in [0, 0.1) is 0 Å². The van der Waals surface area contributed by atoms with Crippen LogP contribution in [0.25, 0.3) is 0 Å². The molecule has 1 aromatic rings. The van der Waals surface area contributed by atoms with E-state index in [9.17, 15) is 4.79 Å². The fourth-order valence-electron chi connectivity index (χ4n) is 2.21. The monoisotopic (exact) mass is 277 g/mol. The Kier molecular flexibility index (Phi) is 5.03. The molecule has 0 atom stereocenters. The fourth-order valence-corrected chi connectivity index (χ4v) is 2.21. The summed E-state index contributed by atoms with van der Waals surface area (Å²) >= 11 is 0. The van der Waals surface area contributed by atoms with Crippen LogP contribution in [0.4, 0.5) is 16.3 Å². The lowest BCUT2D eigenvalue weighted by Crippen LogP contribution is -2.52. The maximum Gasteiger partial charge on any atom is 0.317 e. The number of hydrogen-bond donors (Lipinski definition) is 2. The van der Waals surface area contributed by atoms with Crippen LogP contribution in [0.15, 0.2) is 18.3 Å². The van der Waals surface area contributed by atoms with Gasteiger partial charge in [0.25, 0.3) is 0 Å². The molecule has 3 N–H and O–H groups in total. The molecule has 2 amide bonds. The SMILES string of the molecule is CCCCNC(=O)N1CCN(c2ccc(N)cn2)CC1. The molecule has 6 nitrogen and oxygen atoms in total. The van der Waals surface area contributed by atoms with Crippen LogP contribution in [0.3, 0.4) is 0 Å². The van der Waals surface area contributed by atoms with E-state index in [2.05, 4.69) is 22.1 Å². The first kappa shape index (κ1) is 14.4. The number of anilines is 2. The van der Waals surface area contributed by atoms with E-state index in [-0.39, 0.29) is 6.03 Å². The maximum atomic E-state index is 11.9. The predicted molar refractivity (Wildman–Crippen MR) is 80.7 cm³/mol. The highest BCUT2D eigenvalue weighted by Crippen LogP contribution is 2.14. The first-order valence-corrected chi connectivity index (χ1v) is 7.20. The molecule has 1 saturated heterocycles. The third-order valence-corrected chi connectivity index (χ3v) is 3.47. The van der Waals surface area contributed by atoms with Crippen molar-refractivity contribution in [1.29, 1.82) is 0 Å². The van der Waals surface area contributed by atoms with Crippen molar-refractivity contribution in [3.05, 3.63) is 18.3 Å². The number of nitrogens with two attached hydrogens (primary N) is 1. The average Bonchev–Trinajstić information content (AvgIpc) is 2.48. The Morgan fingerprint density at radius 3 is 2.70 bits per heavy atom. The van der Waals surface area contributed by atoms with Gasteiger partial charge in [-0.2, -0.15) is 0 Å². The molecule has 110 valence electrons. The fraction of sp³-hybridized carbons (Fsp3) is 0.571. The number of pyridine rings is 1. The number of urea groups is 1. The van der Waals surface area contributed by atoms with Crippen LogP contribution < -0.4 is 16.0 Å². The lowest BCUT2D eigenvalue weighted by molar-refractivity contribution is 0.194. The first-order valence-electron chi connectivity index (χ1n) is 7.20. The molecular formula is C14H23N5O. The number of aromatic nitrogens is 1. The summed E-state index contributed by atoms with van der Waals surface area (Å²) in [4.78, 5) is 20.3. The molecule has 0 spiro atoms. The molecular weight excluding hydrogens is 254 g/mol. The number of carbonyl (C=O) groups excluding carboxylic acids is 1. The Morgan fingerprint density at radius 1 is 1.35 bits per heavy atom. The van der Waals surface area contributed by atoms with Crippen molar-refractivity contribution in [3.63, 3.8) is 0 Å². The Bertz CT molecular complexity index is 426. The number of unbranched alkanes of at least 4 members (excludes halogenated alkanes) is 1. The minimum absolute atomic E-state index is 0.0448. The van der Waals surface area contributed by atoms with Gasteiger partial charge < -0.3 is 20.9 Å². The standard InChI is InChI=1S/C14H23N5O/c1-2-3-6-16-14(20)19-9-7-18(8-10-19)13-5-4-12(15)11-17-13/h4-5,11H,2-3,6-10,15H2,1H3,(H,16,20). The number of carbonyl (C=O) groups is 1. The van der Waals surface area contributed by atoms with E-state index in [1.54, 1.807) is 6.20 Å². The first-order chi connectivity index (χ1) is 9.70. The molecule has 1 aliphatic rings. The third kappa shape index (κ3) is 3.76. The molecule has 1 aliphatic heterocycles. The van der Waals surface area contributed by atoms with Gasteiger partial charge in [0, 0.05) is 32.7 Å². The van der Waals surface area contributed by atoms with Crippen LogP contribution in [-0.2, 0) is 0 Å². The van der Waals surface area contributed by atoms with E-state index in [1.165, 1.54) is 0 Å². The van der Waals surface area contributed by atoms with E-state index in [4.69, 9.17) is 5.73 Å². The number of rotatable bonds is 4. The van der Waals surface area contributed by atoms with Crippen molar-refractivity contribution >= 4 is 17.5 Å². The summed E-state index contributed by atoms with van der Waals surface area (Å²) in [5.74, 6) is 0.922. The highest BCUT2D eigenvalue weighted by molar-refractivity contribution is 5.74. The molecule has 20 heavy (non-hydrogen) atoms. The number of amides is 2. The minimum atomic E-state index is 0.0448. The Balaban J connectivity index is 1.80. The Labute approximate surface area is 120 Å². The molecule has 0 saturated carbocycles. The molecule has 1 aromatic heterocycles. The Morgan fingerprint density at radius 2 is 2.10 bits per heavy atom. The lowest BCUT2D eigenvalue weighted by atomic mass is 10.3. The zero-order chi connectivity index (χ0) is 14.4. The molecule has 1 fully saturated rings. The summed E-state index contributed by atoms with van der Waals surface area (Å²) in [6, 6.07) is 3.82. The van der Waals surface area contributed by atoms with Gasteiger partial charge in [-0.15, -0.1) is 0 Å².